The number of benzene rings is 2. The molecule has 0 saturated carbocycles. The number of carbonyl (C=O) groups is 1. The maximum Gasteiger partial charge on any atom is 0.253 e. The molecule has 0 unspecified atom stereocenters. The van der Waals surface area contributed by atoms with Crippen molar-refractivity contribution in [3.63, 3.8) is 0 Å². The number of aryl methyl sites for hydroxylation is 2. The summed E-state index contributed by atoms with van der Waals surface area (Å²) in [6.45, 7) is 9.05. The van der Waals surface area contributed by atoms with Crippen molar-refractivity contribution < 1.29 is 4.79 Å². The van der Waals surface area contributed by atoms with Crippen molar-refractivity contribution in [1.29, 1.82) is 5.26 Å². The third-order valence-electron chi connectivity index (χ3n) is 6.92. The molecule has 1 amide bonds. The molecule has 0 N–H and O–H groups in total. The van der Waals surface area contributed by atoms with Gasteiger partial charge in [0.05, 0.1) is 23.7 Å². The second-order valence-corrected chi connectivity index (χ2v) is 9.49. The normalized spacial score (nSPS) is 14.1. The zero-order chi connectivity index (χ0) is 24.6. The molecule has 1 aliphatic heterocycles. The number of rotatable bonds is 9. The zero-order valence-corrected chi connectivity index (χ0v) is 20.9. The Morgan fingerprint density at radius 2 is 1.80 bits per heavy atom. The van der Waals surface area contributed by atoms with E-state index in [1.807, 2.05) is 47.8 Å². The Morgan fingerprint density at radius 3 is 2.49 bits per heavy atom. The Balaban J connectivity index is 1.30. The monoisotopic (exact) mass is 469 g/mol. The predicted octanol–water partition coefficient (Wildman–Crippen LogP) is 4.80. The average molecular weight is 470 g/mol. The number of hydrogen-bond donors (Lipinski definition) is 0. The van der Waals surface area contributed by atoms with E-state index in [-0.39, 0.29) is 5.91 Å². The minimum Gasteiger partial charge on any atom is -0.336 e. The standard InChI is InChI=1S/C29H35N5O/c1-3-4-5-6-26-11-12-27(17-23(26)2)29(35)33-15-13-32(14-16-33)21-28-19-31-22-34(28)20-25-9-7-24(18-30)8-10-25/h7-12,17,19,22H,3-6,13-16,20-21H2,1-2H3. The molecule has 182 valence electrons. The molecule has 0 bridgehead atoms. The number of piperazine rings is 1. The van der Waals surface area contributed by atoms with Crippen LogP contribution in [0.3, 0.4) is 0 Å². The minimum absolute atomic E-state index is 0.138. The number of aromatic nitrogens is 2. The summed E-state index contributed by atoms with van der Waals surface area (Å²) in [6.07, 6.45) is 8.56. The highest BCUT2D eigenvalue weighted by molar-refractivity contribution is 5.94. The molecule has 35 heavy (non-hydrogen) atoms. The van der Waals surface area contributed by atoms with Gasteiger partial charge >= 0.3 is 0 Å². The zero-order valence-electron chi connectivity index (χ0n) is 20.9. The van der Waals surface area contributed by atoms with Crippen LogP contribution in [0.4, 0.5) is 0 Å². The van der Waals surface area contributed by atoms with Gasteiger partial charge in [-0.2, -0.15) is 5.26 Å². The molecule has 1 fully saturated rings. The van der Waals surface area contributed by atoms with Crippen molar-refractivity contribution in [1.82, 2.24) is 19.4 Å². The van der Waals surface area contributed by atoms with Crippen LogP contribution in [-0.4, -0.2) is 51.4 Å². The van der Waals surface area contributed by atoms with Gasteiger partial charge in [-0.25, -0.2) is 4.98 Å². The summed E-state index contributed by atoms with van der Waals surface area (Å²) in [4.78, 5) is 21.9. The summed E-state index contributed by atoms with van der Waals surface area (Å²) in [5, 5.41) is 8.99. The van der Waals surface area contributed by atoms with Crippen molar-refractivity contribution in [3.05, 3.63) is 88.5 Å². The molecule has 1 aromatic heterocycles. The summed E-state index contributed by atoms with van der Waals surface area (Å²) in [7, 11) is 0. The molecule has 6 heteroatoms. The SMILES string of the molecule is CCCCCc1ccc(C(=O)N2CCN(Cc3cncn3Cc3ccc(C#N)cc3)CC2)cc1C. The van der Waals surface area contributed by atoms with E-state index < -0.39 is 0 Å². The van der Waals surface area contributed by atoms with Crippen LogP contribution in [0, 0.1) is 18.3 Å². The fourth-order valence-electron chi connectivity index (χ4n) is 4.70. The highest BCUT2D eigenvalue weighted by atomic mass is 16.2. The molecule has 6 nitrogen and oxygen atoms in total. The van der Waals surface area contributed by atoms with E-state index in [0.717, 1.165) is 62.5 Å². The van der Waals surface area contributed by atoms with Gasteiger partial charge in [0.25, 0.3) is 5.91 Å². The van der Waals surface area contributed by atoms with Crippen LogP contribution in [0.1, 0.15) is 64.5 Å². The fourth-order valence-corrected chi connectivity index (χ4v) is 4.70. The molecular formula is C29H35N5O. The van der Waals surface area contributed by atoms with Gasteiger partial charge in [-0.05, 0) is 60.7 Å². The van der Waals surface area contributed by atoms with E-state index in [2.05, 4.69) is 46.5 Å². The number of nitriles is 1. The molecule has 0 radical (unpaired) electrons. The van der Waals surface area contributed by atoms with Crippen LogP contribution in [0.25, 0.3) is 0 Å². The van der Waals surface area contributed by atoms with E-state index in [0.29, 0.717) is 5.56 Å². The Morgan fingerprint density at radius 1 is 1.03 bits per heavy atom. The summed E-state index contributed by atoms with van der Waals surface area (Å²) >= 11 is 0. The van der Waals surface area contributed by atoms with Gasteiger partial charge in [0.1, 0.15) is 0 Å². The molecule has 4 rings (SSSR count). The van der Waals surface area contributed by atoms with Gasteiger partial charge in [0, 0.05) is 51.0 Å². The van der Waals surface area contributed by atoms with Gasteiger partial charge in [0.2, 0.25) is 0 Å². The first-order chi connectivity index (χ1) is 17.1. The number of nitrogens with zero attached hydrogens (tertiary/aromatic N) is 5. The second-order valence-electron chi connectivity index (χ2n) is 9.49. The van der Waals surface area contributed by atoms with Gasteiger partial charge < -0.3 is 9.47 Å². The average Bonchev–Trinajstić information content (AvgIpc) is 3.31. The molecule has 0 atom stereocenters. The van der Waals surface area contributed by atoms with Crippen LogP contribution in [0.5, 0.6) is 0 Å². The van der Waals surface area contributed by atoms with Gasteiger partial charge in [-0.3, -0.25) is 9.69 Å². The van der Waals surface area contributed by atoms with E-state index in [9.17, 15) is 4.79 Å². The number of carbonyl (C=O) groups excluding carboxylic acids is 1. The van der Waals surface area contributed by atoms with Crippen molar-refractivity contribution in [2.75, 3.05) is 26.2 Å². The third-order valence-corrected chi connectivity index (χ3v) is 6.92. The van der Waals surface area contributed by atoms with Crippen molar-refractivity contribution >= 4 is 5.91 Å². The number of hydrogen-bond acceptors (Lipinski definition) is 4. The molecule has 1 saturated heterocycles. The summed E-state index contributed by atoms with van der Waals surface area (Å²) in [6, 6.07) is 16.1. The predicted molar refractivity (Wildman–Crippen MR) is 138 cm³/mol. The number of amides is 1. The van der Waals surface area contributed by atoms with Crippen LogP contribution < -0.4 is 0 Å². The first-order valence-corrected chi connectivity index (χ1v) is 12.7. The van der Waals surface area contributed by atoms with Gasteiger partial charge in [0.15, 0.2) is 0 Å². The molecule has 0 spiro atoms. The third kappa shape index (κ3) is 6.37. The minimum atomic E-state index is 0.138. The quantitative estimate of drug-likeness (QED) is 0.422. The summed E-state index contributed by atoms with van der Waals surface area (Å²) < 4.78 is 2.16. The van der Waals surface area contributed by atoms with Gasteiger partial charge in [-0.1, -0.05) is 38.0 Å². The van der Waals surface area contributed by atoms with E-state index >= 15 is 0 Å². The Kier molecular flexibility index (Phi) is 8.33. The number of unbranched alkanes of at least 4 members (excludes halogenated alkanes) is 2. The molecule has 2 aromatic carbocycles. The van der Waals surface area contributed by atoms with Gasteiger partial charge in [-0.15, -0.1) is 0 Å². The van der Waals surface area contributed by atoms with E-state index in [1.54, 1.807) is 0 Å². The smallest absolute Gasteiger partial charge is 0.253 e. The number of imidazole rings is 1. The Hall–Kier alpha value is -3.43. The molecular weight excluding hydrogens is 434 g/mol. The van der Waals surface area contributed by atoms with Crippen molar-refractivity contribution in [2.45, 2.75) is 52.6 Å². The molecule has 1 aliphatic rings. The topological polar surface area (TPSA) is 65.2 Å². The molecule has 0 aliphatic carbocycles. The van der Waals surface area contributed by atoms with E-state index in [4.69, 9.17) is 5.26 Å². The molecule has 2 heterocycles. The Labute approximate surface area is 208 Å². The highest BCUT2D eigenvalue weighted by Crippen LogP contribution is 2.18. The highest BCUT2D eigenvalue weighted by Gasteiger charge is 2.23. The largest absolute Gasteiger partial charge is 0.336 e. The fraction of sp³-hybridized carbons (Fsp3) is 0.414. The maximum absolute atomic E-state index is 13.1. The summed E-state index contributed by atoms with van der Waals surface area (Å²) in [5.74, 6) is 0.138. The van der Waals surface area contributed by atoms with Crippen LogP contribution in [0.15, 0.2) is 55.0 Å². The molecule has 3 aromatic rings. The lowest BCUT2D eigenvalue weighted by molar-refractivity contribution is 0.0625. The maximum atomic E-state index is 13.1. The van der Waals surface area contributed by atoms with Crippen molar-refractivity contribution in [3.8, 4) is 6.07 Å². The first kappa shape index (κ1) is 24.7. The Bertz CT molecular complexity index is 1170. The van der Waals surface area contributed by atoms with Crippen LogP contribution in [-0.2, 0) is 19.5 Å². The van der Waals surface area contributed by atoms with Crippen molar-refractivity contribution in [2.24, 2.45) is 0 Å². The van der Waals surface area contributed by atoms with Crippen LogP contribution >= 0.6 is 0 Å². The lowest BCUT2D eigenvalue weighted by Gasteiger charge is -2.35. The lowest BCUT2D eigenvalue weighted by Crippen LogP contribution is -2.48. The van der Waals surface area contributed by atoms with Crippen LogP contribution in [0.2, 0.25) is 0 Å². The summed E-state index contributed by atoms with van der Waals surface area (Å²) in [5.41, 5.74) is 6.35. The lowest BCUT2D eigenvalue weighted by atomic mass is 9.99. The van der Waals surface area contributed by atoms with E-state index in [1.165, 1.54) is 30.4 Å². The second kappa shape index (κ2) is 11.8. The first-order valence-electron chi connectivity index (χ1n) is 12.7.